The van der Waals surface area contributed by atoms with Gasteiger partial charge in [0.15, 0.2) is 0 Å². The Morgan fingerprint density at radius 1 is 1.10 bits per heavy atom. The summed E-state index contributed by atoms with van der Waals surface area (Å²) in [6.45, 7) is 2.21. The molecule has 5 rings (SSSR count). The van der Waals surface area contributed by atoms with E-state index < -0.39 is 5.60 Å². The number of aryl methyl sites for hydroxylation is 1. The first-order valence-electron chi connectivity index (χ1n) is 11.1. The van der Waals surface area contributed by atoms with E-state index in [0.29, 0.717) is 6.42 Å². The first kappa shape index (κ1) is 20.3. The number of aliphatic hydroxyl groups excluding tert-OH is 1. The number of allylic oxidation sites excluding steroid dienone is 1. The zero-order valence-corrected chi connectivity index (χ0v) is 17.8. The Kier molecular flexibility index (Phi) is 4.95. The van der Waals surface area contributed by atoms with Gasteiger partial charge in [-0.1, -0.05) is 55.0 Å². The Hall–Kier alpha value is -2.56. The molecule has 1 heterocycles. The summed E-state index contributed by atoms with van der Waals surface area (Å²) in [4.78, 5) is 4.73. The van der Waals surface area contributed by atoms with Crippen LogP contribution in [0.25, 0.3) is 0 Å². The van der Waals surface area contributed by atoms with Gasteiger partial charge in [-0.05, 0) is 72.1 Å². The van der Waals surface area contributed by atoms with Crippen LogP contribution in [0.5, 0.6) is 0 Å². The Morgan fingerprint density at radius 3 is 2.58 bits per heavy atom. The summed E-state index contributed by atoms with van der Waals surface area (Å²) >= 11 is 0. The van der Waals surface area contributed by atoms with Gasteiger partial charge in [0, 0.05) is 11.6 Å². The third-order valence-corrected chi connectivity index (χ3v) is 7.74. The molecule has 2 unspecified atom stereocenters. The Morgan fingerprint density at radius 2 is 1.84 bits per heavy atom. The molecule has 1 fully saturated rings. The fourth-order valence-corrected chi connectivity index (χ4v) is 5.69. The van der Waals surface area contributed by atoms with Crippen LogP contribution in [-0.2, 0) is 13.0 Å². The highest BCUT2D eigenvalue weighted by atomic mass is 19.1. The monoisotopic (exact) mass is 417 g/mol. The van der Waals surface area contributed by atoms with Gasteiger partial charge in [-0.3, -0.25) is 4.99 Å². The van der Waals surface area contributed by atoms with Gasteiger partial charge in [-0.15, -0.1) is 0 Å². The second-order valence-corrected chi connectivity index (χ2v) is 9.35. The molecule has 2 aromatic rings. The molecule has 2 aromatic carbocycles. The average Bonchev–Trinajstić information content (AvgIpc) is 3.29. The molecule has 0 bridgehead atoms. The van der Waals surface area contributed by atoms with Crippen molar-refractivity contribution in [1.82, 2.24) is 0 Å². The lowest BCUT2D eigenvalue weighted by molar-refractivity contribution is -0.0459. The predicted molar refractivity (Wildman–Crippen MR) is 120 cm³/mol. The third-order valence-electron chi connectivity index (χ3n) is 7.74. The number of halogens is 1. The molecule has 1 aliphatic heterocycles. The van der Waals surface area contributed by atoms with Gasteiger partial charge >= 0.3 is 0 Å². The summed E-state index contributed by atoms with van der Waals surface area (Å²) < 4.78 is 13.4. The van der Waals surface area contributed by atoms with Crippen molar-refractivity contribution < 1.29 is 14.6 Å². The van der Waals surface area contributed by atoms with E-state index in [1.807, 2.05) is 42.6 Å². The van der Waals surface area contributed by atoms with Gasteiger partial charge in [0.05, 0.1) is 12.2 Å². The molecule has 2 aliphatic carbocycles. The summed E-state index contributed by atoms with van der Waals surface area (Å²) in [6, 6.07) is 14.4. The molecule has 3 nitrogen and oxygen atoms in total. The van der Waals surface area contributed by atoms with Crippen molar-refractivity contribution in [1.29, 1.82) is 0 Å². The molecule has 0 aromatic heterocycles. The topological polar surface area (TPSA) is 52.8 Å². The van der Waals surface area contributed by atoms with Crippen LogP contribution in [0.2, 0.25) is 0 Å². The maximum atomic E-state index is 13.4. The third kappa shape index (κ3) is 3.29. The maximum absolute atomic E-state index is 13.4. The van der Waals surface area contributed by atoms with Gasteiger partial charge in [0.2, 0.25) is 0 Å². The lowest BCUT2D eigenvalue weighted by Gasteiger charge is -2.43. The molecule has 0 amide bonds. The lowest BCUT2D eigenvalue weighted by atomic mass is 9.64. The second kappa shape index (κ2) is 7.54. The van der Waals surface area contributed by atoms with Crippen LogP contribution in [0.3, 0.4) is 0 Å². The minimum Gasteiger partial charge on any atom is -0.392 e. The van der Waals surface area contributed by atoms with E-state index in [1.165, 1.54) is 28.9 Å². The normalized spacial score (nSPS) is 29.2. The molecular formula is C27H28FNO2. The summed E-state index contributed by atoms with van der Waals surface area (Å²) in [5, 5.41) is 21.4. The molecule has 2 N–H and O–H groups in total. The maximum Gasteiger partial charge on any atom is 0.123 e. The van der Waals surface area contributed by atoms with Gasteiger partial charge in [0.25, 0.3) is 0 Å². The standard InChI is InChI=1S/C27H28FNO2/c1-26-15-21-16-29-25(19-6-8-23(28)9-7-19)24(21)14-22(26)11-13-27(26,31)12-10-18-4-2-3-5-20(18)17-30/h2-9,14,16,25,30-31H,10-13,15,17H2,1H3/t25?,26?,27-/m0/s1. The predicted octanol–water partition coefficient (Wildman–Crippen LogP) is 5.23. The van der Waals surface area contributed by atoms with Crippen LogP contribution < -0.4 is 0 Å². The largest absolute Gasteiger partial charge is 0.392 e. The number of aliphatic hydroxyl groups is 2. The highest BCUT2D eigenvalue weighted by molar-refractivity contribution is 5.86. The van der Waals surface area contributed by atoms with E-state index in [2.05, 4.69) is 13.0 Å². The van der Waals surface area contributed by atoms with E-state index in [-0.39, 0.29) is 23.9 Å². The van der Waals surface area contributed by atoms with Crippen molar-refractivity contribution in [3.8, 4) is 0 Å². The molecule has 0 saturated heterocycles. The fourth-order valence-electron chi connectivity index (χ4n) is 5.69. The van der Waals surface area contributed by atoms with E-state index >= 15 is 0 Å². The molecule has 160 valence electrons. The average molecular weight is 418 g/mol. The number of rotatable bonds is 5. The molecule has 1 saturated carbocycles. The van der Waals surface area contributed by atoms with Crippen LogP contribution in [0.1, 0.15) is 55.3 Å². The molecule has 0 spiro atoms. The van der Waals surface area contributed by atoms with Crippen molar-refractivity contribution in [2.75, 3.05) is 0 Å². The van der Waals surface area contributed by atoms with Crippen molar-refractivity contribution >= 4 is 6.21 Å². The Balaban J connectivity index is 1.39. The van der Waals surface area contributed by atoms with Crippen LogP contribution in [0, 0.1) is 11.2 Å². The number of nitrogens with zero attached hydrogens (tertiary/aromatic N) is 1. The number of fused-ring (bicyclic) bond motifs is 1. The molecular weight excluding hydrogens is 389 g/mol. The van der Waals surface area contributed by atoms with Crippen molar-refractivity contribution in [3.63, 3.8) is 0 Å². The first-order chi connectivity index (χ1) is 14.9. The fraction of sp³-hybridized carbons (Fsp3) is 0.370. The van der Waals surface area contributed by atoms with Crippen LogP contribution in [0.4, 0.5) is 4.39 Å². The van der Waals surface area contributed by atoms with E-state index in [1.54, 1.807) is 0 Å². The molecule has 31 heavy (non-hydrogen) atoms. The minimum atomic E-state index is -0.790. The SMILES string of the molecule is CC12CC3=C(C=C1CC[C@@]2(O)CCc1ccccc1CO)C(c1ccc(F)cc1)N=C3. The van der Waals surface area contributed by atoms with Gasteiger partial charge in [-0.2, -0.15) is 0 Å². The summed E-state index contributed by atoms with van der Waals surface area (Å²) in [6.07, 6.45) is 8.00. The number of aliphatic imine (C=N–C) groups is 1. The van der Waals surface area contributed by atoms with Crippen LogP contribution in [-0.4, -0.2) is 22.0 Å². The Labute approximate surface area is 182 Å². The number of hydrogen-bond acceptors (Lipinski definition) is 3. The molecule has 4 heteroatoms. The van der Waals surface area contributed by atoms with Gasteiger partial charge in [-0.25, -0.2) is 4.39 Å². The zero-order valence-electron chi connectivity index (χ0n) is 17.8. The first-order valence-corrected chi connectivity index (χ1v) is 11.1. The quantitative estimate of drug-likeness (QED) is 0.700. The molecule has 3 atom stereocenters. The number of hydrogen-bond donors (Lipinski definition) is 2. The molecule has 0 radical (unpaired) electrons. The second-order valence-electron chi connectivity index (χ2n) is 9.35. The minimum absolute atomic E-state index is 0.0223. The van der Waals surface area contributed by atoms with Crippen molar-refractivity contribution in [3.05, 3.63) is 93.8 Å². The zero-order chi connectivity index (χ0) is 21.6. The van der Waals surface area contributed by atoms with Crippen LogP contribution >= 0.6 is 0 Å². The van der Waals surface area contributed by atoms with Crippen molar-refractivity contribution in [2.45, 2.75) is 57.3 Å². The summed E-state index contributed by atoms with van der Waals surface area (Å²) in [5.41, 5.74) is 5.59. The van der Waals surface area contributed by atoms with E-state index in [4.69, 9.17) is 4.99 Å². The van der Waals surface area contributed by atoms with Gasteiger partial charge in [0.1, 0.15) is 11.9 Å². The summed E-state index contributed by atoms with van der Waals surface area (Å²) in [5.74, 6) is -0.238. The summed E-state index contributed by atoms with van der Waals surface area (Å²) in [7, 11) is 0. The van der Waals surface area contributed by atoms with Gasteiger partial charge < -0.3 is 10.2 Å². The van der Waals surface area contributed by atoms with E-state index in [0.717, 1.165) is 42.4 Å². The lowest BCUT2D eigenvalue weighted by Crippen LogP contribution is -2.44. The number of benzene rings is 2. The van der Waals surface area contributed by atoms with Crippen LogP contribution in [0.15, 0.2) is 76.3 Å². The smallest absolute Gasteiger partial charge is 0.123 e. The highest BCUT2D eigenvalue weighted by Gasteiger charge is 2.55. The Bertz CT molecular complexity index is 1100. The van der Waals surface area contributed by atoms with E-state index in [9.17, 15) is 14.6 Å². The highest BCUT2D eigenvalue weighted by Crippen LogP contribution is 2.59. The molecule has 3 aliphatic rings. The van der Waals surface area contributed by atoms with Crippen molar-refractivity contribution in [2.24, 2.45) is 10.4 Å².